The first kappa shape index (κ1) is 19.8. The third kappa shape index (κ3) is 3.50. The fraction of sp³-hybridized carbons (Fsp3) is 0.435. The second-order valence-electron chi connectivity index (χ2n) is 8.12. The monoisotopic (exact) mass is 409 g/mol. The van der Waals surface area contributed by atoms with E-state index in [4.69, 9.17) is 0 Å². The van der Waals surface area contributed by atoms with Crippen molar-refractivity contribution >= 4 is 33.1 Å². The van der Waals surface area contributed by atoms with Crippen molar-refractivity contribution in [2.24, 2.45) is 5.92 Å². The van der Waals surface area contributed by atoms with Gasteiger partial charge in [-0.2, -0.15) is 0 Å². The predicted molar refractivity (Wildman–Crippen MR) is 119 cm³/mol. The lowest BCUT2D eigenvalue weighted by Gasteiger charge is -2.19. The summed E-state index contributed by atoms with van der Waals surface area (Å²) < 4.78 is 1.48. The smallest absolute Gasteiger partial charge is 0.263 e. The second kappa shape index (κ2) is 7.75. The Labute approximate surface area is 174 Å². The molecule has 0 spiro atoms. The van der Waals surface area contributed by atoms with Crippen LogP contribution in [0.1, 0.15) is 54.8 Å². The van der Waals surface area contributed by atoms with E-state index in [1.165, 1.54) is 15.8 Å². The molecule has 0 bridgehead atoms. The highest BCUT2D eigenvalue weighted by Gasteiger charge is 2.25. The molecule has 2 unspecified atom stereocenters. The summed E-state index contributed by atoms with van der Waals surface area (Å²) in [6.07, 6.45) is 5.38. The van der Waals surface area contributed by atoms with Crippen LogP contribution in [0.15, 0.2) is 29.3 Å². The molecule has 4 rings (SSSR count). The Morgan fingerprint density at radius 1 is 1.41 bits per heavy atom. The summed E-state index contributed by atoms with van der Waals surface area (Å²) in [5, 5.41) is 3.75. The number of rotatable bonds is 4. The van der Waals surface area contributed by atoms with E-state index in [9.17, 15) is 9.59 Å². The summed E-state index contributed by atoms with van der Waals surface area (Å²) >= 11 is 1.63. The van der Waals surface area contributed by atoms with Gasteiger partial charge in [-0.15, -0.1) is 11.3 Å². The molecule has 2 heterocycles. The average molecular weight is 410 g/mol. The largest absolute Gasteiger partial charge is 0.324 e. The third-order valence-corrected chi connectivity index (χ3v) is 7.19. The van der Waals surface area contributed by atoms with Gasteiger partial charge < -0.3 is 5.32 Å². The highest BCUT2D eigenvalue weighted by Crippen LogP contribution is 2.35. The molecule has 0 saturated carbocycles. The zero-order valence-electron chi connectivity index (χ0n) is 17.4. The Bertz CT molecular complexity index is 1140. The fourth-order valence-corrected chi connectivity index (χ4v) is 5.52. The third-order valence-electron chi connectivity index (χ3n) is 6.03. The molecule has 1 N–H and O–H groups in total. The Morgan fingerprint density at radius 2 is 2.21 bits per heavy atom. The van der Waals surface area contributed by atoms with Gasteiger partial charge in [-0.25, -0.2) is 4.98 Å². The maximum atomic E-state index is 13.3. The number of anilines is 1. The van der Waals surface area contributed by atoms with E-state index in [-0.39, 0.29) is 11.5 Å². The Kier molecular flexibility index (Phi) is 5.30. The van der Waals surface area contributed by atoms with E-state index in [1.807, 2.05) is 25.1 Å². The maximum Gasteiger partial charge on any atom is 0.263 e. The van der Waals surface area contributed by atoms with E-state index < -0.39 is 6.04 Å². The molecule has 1 aliphatic carbocycles. The molecule has 0 fully saturated rings. The Balaban J connectivity index is 1.69. The van der Waals surface area contributed by atoms with Crippen LogP contribution in [0.5, 0.6) is 0 Å². The number of para-hydroxylation sites is 1. The quantitative estimate of drug-likeness (QED) is 0.682. The zero-order chi connectivity index (χ0) is 20.7. The van der Waals surface area contributed by atoms with Crippen molar-refractivity contribution in [2.75, 3.05) is 5.32 Å². The zero-order valence-corrected chi connectivity index (χ0v) is 18.2. The summed E-state index contributed by atoms with van der Waals surface area (Å²) in [5.74, 6) is 0.444. The number of amides is 1. The Morgan fingerprint density at radius 3 is 2.97 bits per heavy atom. The number of nitrogens with one attached hydrogen (secondary N) is 1. The molecule has 1 amide bonds. The van der Waals surface area contributed by atoms with Crippen LogP contribution in [-0.2, 0) is 24.1 Å². The van der Waals surface area contributed by atoms with Crippen LogP contribution in [0.25, 0.3) is 10.2 Å². The molecule has 0 radical (unpaired) electrons. The lowest BCUT2D eigenvalue weighted by Crippen LogP contribution is -2.32. The SMILES string of the molecule is CCc1cccc(C)c1NC(=O)C(C)n1cnc2sc3c(c2c1=O)CCC(C)C3. The molecule has 1 aromatic carbocycles. The lowest BCUT2D eigenvalue weighted by molar-refractivity contribution is -0.118. The molecule has 2 atom stereocenters. The number of benzene rings is 1. The van der Waals surface area contributed by atoms with Gasteiger partial charge in [-0.3, -0.25) is 14.2 Å². The van der Waals surface area contributed by atoms with Crippen molar-refractivity contribution in [3.63, 3.8) is 0 Å². The van der Waals surface area contributed by atoms with Crippen LogP contribution < -0.4 is 10.9 Å². The van der Waals surface area contributed by atoms with Crippen molar-refractivity contribution < 1.29 is 4.79 Å². The van der Waals surface area contributed by atoms with Gasteiger partial charge in [0.2, 0.25) is 5.91 Å². The van der Waals surface area contributed by atoms with Gasteiger partial charge in [0, 0.05) is 10.6 Å². The molecule has 0 saturated heterocycles. The minimum absolute atomic E-state index is 0.106. The number of nitrogens with zero attached hydrogens (tertiary/aromatic N) is 2. The van der Waals surface area contributed by atoms with Crippen molar-refractivity contribution in [3.05, 3.63) is 56.4 Å². The van der Waals surface area contributed by atoms with E-state index in [0.29, 0.717) is 11.3 Å². The van der Waals surface area contributed by atoms with Crippen LogP contribution in [0.4, 0.5) is 5.69 Å². The predicted octanol–water partition coefficient (Wildman–Crippen LogP) is 4.65. The van der Waals surface area contributed by atoms with Crippen LogP contribution >= 0.6 is 11.3 Å². The number of carbonyl (C=O) groups is 1. The summed E-state index contributed by atoms with van der Waals surface area (Å²) in [5.41, 5.74) is 4.00. The first-order valence-corrected chi connectivity index (χ1v) is 11.1. The molecule has 152 valence electrons. The molecule has 5 nitrogen and oxygen atoms in total. The van der Waals surface area contributed by atoms with Crippen molar-refractivity contribution in [2.45, 2.75) is 59.4 Å². The molecular formula is C23H27N3O2S. The number of hydrogen-bond acceptors (Lipinski definition) is 4. The summed E-state index contributed by atoms with van der Waals surface area (Å²) in [4.78, 5) is 32.9. The average Bonchev–Trinajstić information content (AvgIpc) is 3.07. The van der Waals surface area contributed by atoms with Gasteiger partial charge in [-0.1, -0.05) is 32.0 Å². The van der Waals surface area contributed by atoms with Crippen molar-refractivity contribution in [1.29, 1.82) is 0 Å². The number of thiophene rings is 1. The minimum Gasteiger partial charge on any atom is -0.324 e. The molecule has 3 aromatic rings. The molecule has 0 aliphatic heterocycles. The highest BCUT2D eigenvalue weighted by atomic mass is 32.1. The molecule has 2 aromatic heterocycles. The first-order valence-electron chi connectivity index (χ1n) is 10.3. The molecular weight excluding hydrogens is 382 g/mol. The molecule has 29 heavy (non-hydrogen) atoms. The van der Waals surface area contributed by atoms with Gasteiger partial charge in [0.05, 0.1) is 11.7 Å². The summed E-state index contributed by atoms with van der Waals surface area (Å²) in [6, 6.07) is 5.36. The van der Waals surface area contributed by atoms with Crippen LogP contribution in [0.2, 0.25) is 0 Å². The molecule has 6 heteroatoms. The number of hydrogen-bond donors (Lipinski definition) is 1. The normalized spacial score (nSPS) is 17.2. The van der Waals surface area contributed by atoms with E-state index in [2.05, 4.69) is 24.1 Å². The number of aromatic nitrogens is 2. The summed E-state index contributed by atoms with van der Waals surface area (Å²) in [6.45, 7) is 8.06. The number of aryl methyl sites for hydroxylation is 3. The number of carbonyl (C=O) groups excluding carboxylic acids is 1. The van der Waals surface area contributed by atoms with Crippen LogP contribution in [-0.4, -0.2) is 15.5 Å². The fourth-order valence-electron chi connectivity index (χ4n) is 4.18. The van der Waals surface area contributed by atoms with Crippen LogP contribution in [0, 0.1) is 12.8 Å². The van der Waals surface area contributed by atoms with Gasteiger partial charge >= 0.3 is 0 Å². The second-order valence-corrected chi connectivity index (χ2v) is 9.20. The van der Waals surface area contributed by atoms with Gasteiger partial charge in [0.15, 0.2) is 0 Å². The van der Waals surface area contributed by atoms with E-state index in [0.717, 1.165) is 52.9 Å². The number of fused-ring (bicyclic) bond motifs is 3. The highest BCUT2D eigenvalue weighted by molar-refractivity contribution is 7.18. The summed E-state index contributed by atoms with van der Waals surface area (Å²) in [7, 11) is 0. The van der Waals surface area contributed by atoms with Crippen molar-refractivity contribution in [1.82, 2.24) is 9.55 Å². The maximum absolute atomic E-state index is 13.3. The lowest BCUT2D eigenvalue weighted by atomic mass is 9.89. The topological polar surface area (TPSA) is 64.0 Å². The molecule has 1 aliphatic rings. The van der Waals surface area contributed by atoms with E-state index >= 15 is 0 Å². The van der Waals surface area contributed by atoms with Gasteiger partial charge in [0.1, 0.15) is 10.9 Å². The van der Waals surface area contributed by atoms with E-state index in [1.54, 1.807) is 18.3 Å². The van der Waals surface area contributed by atoms with Gasteiger partial charge in [0.25, 0.3) is 5.56 Å². The minimum atomic E-state index is -0.637. The Hall–Kier alpha value is -2.47. The van der Waals surface area contributed by atoms with Gasteiger partial charge in [-0.05, 0) is 62.1 Å². The van der Waals surface area contributed by atoms with Crippen molar-refractivity contribution in [3.8, 4) is 0 Å². The first-order chi connectivity index (χ1) is 13.9. The van der Waals surface area contributed by atoms with Crippen LogP contribution in [0.3, 0.4) is 0 Å². The standard InChI is InChI=1S/C23H27N3O2S/c1-5-16-8-6-7-14(3)20(16)25-21(27)15(4)26-12-24-22-19(23(26)28)17-10-9-13(2)11-18(17)29-22/h6-8,12-13,15H,5,9-11H2,1-4H3,(H,25,27).